The molecule has 1 saturated heterocycles. The van der Waals surface area contributed by atoms with Crippen LogP contribution >= 0.6 is 23.8 Å². The summed E-state index contributed by atoms with van der Waals surface area (Å²) in [6, 6.07) is 7.14. The minimum atomic E-state index is -0.0229. The second kappa shape index (κ2) is 7.43. The first-order valence-corrected chi connectivity index (χ1v) is 7.59. The van der Waals surface area contributed by atoms with Crippen molar-refractivity contribution in [2.75, 3.05) is 32.7 Å². The Morgan fingerprint density at radius 1 is 1.29 bits per heavy atom. The van der Waals surface area contributed by atoms with Crippen LogP contribution in [0.5, 0.6) is 0 Å². The zero-order valence-electron chi connectivity index (χ0n) is 11.7. The first-order chi connectivity index (χ1) is 10.1. The van der Waals surface area contributed by atoms with Crippen molar-refractivity contribution in [1.82, 2.24) is 15.1 Å². The van der Waals surface area contributed by atoms with E-state index in [-0.39, 0.29) is 5.91 Å². The van der Waals surface area contributed by atoms with E-state index in [2.05, 4.69) is 16.8 Å². The number of piperazine rings is 1. The lowest BCUT2D eigenvalue weighted by molar-refractivity contribution is 0.0691. The molecule has 1 N–H and O–H groups in total. The van der Waals surface area contributed by atoms with E-state index in [1.165, 1.54) is 0 Å². The number of nitrogens with one attached hydrogen (secondary N) is 1. The van der Waals surface area contributed by atoms with Gasteiger partial charge in [0.25, 0.3) is 5.91 Å². The molecule has 1 fully saturated rings. The van der Waals surface area contributed by atoms with E-state index in [0.29, 0.717) is 35.3 Å². The van der Waals surface area contributed by atoms with Crippen LogP contribution in [0, 0.1) is 0 Å². The normalized spacial score (nSPS) is 14.7. The van der Waals surface area contributed by atoms with Gasteiger partial charge in [-0.2, -0.15) is 0 Å². The van der Waals surface area contributed by atoms with E-state index in [0.717, 1.165) is 13.1 Å². The van der Waals surface area contributed by atoms with Gasteiger partial charge in [0.2, 0.25) is 0 Å². The first-order valence-electron chi connectivity index (χ1n) is 6.81. The van der Waals surface area contributed by atoms with E-state index >= 15 is 0 Å². The predicted octanol–water partition coefficient (Wildman–Crippen LogP) is 2.16. The highest BCUT2D eigenvalue weighted by Gasteiger charge is 2.24. The number of carbonyl (C=O) groups is 1. The molecule has 112 valence electrons. The minimum Gasteiger partial charge on any atom is -0.359 e. The molecule has 0 atom stereocenters. The van der Waals surface area contributed by atoms with Gasteiger partial charge in [0, 0.05) is 32.7 Å². The summed E-state index contributed by atoms with van der Waals surface area (Å²) in [4.78, 5) is 16.3. The van der Waals surface area contributed by atoms with Crippen LogP contribution in [0.15, 0.2) is 36.9 Å². The number of thiocarbonyl (C=S) groups is 1. The highest BCUT2D eigenvalue weighted by molar-refractivity contribution is 7.80. The van der Waals surface area contributed by atoms with E-state index in [9.17, 15) is 4.79 Å². The van der Waals surface area contributed by atoms with Crippen molar-refractivity contribution in [3.63, 3.8) is 0 Å². The molecule has 21 heavy (non-hydrogen) atoms. The third-order valence-corrected chi connectivity index (χ3v) is 4.09. The molecule has 1 aromatic rings. The lowest BCUT2D eigenvalue weighted by Gasteiger charge is -2.36. The molecule has 1 aromatic carbocycles. The number of benzene rings is 1. The summed E-state index contributed by atoms with van der Waals surface area (Å²) in [6.45, 7) is 7.02. The fraction of sp³-hybridized carbons (Fsp3) is 0.333. The summed E-state index contributed by atoms with van der Waals surface area (Å²) in [5.74, 6) is -0.0229. The van der Waals surface area contributed by atoms with E-state index in [1.807, 2.05) is 17.0 Å². The number of nitrogens with zero attached hydrogens (tertiary/aromatic N) is 2. The fourth-order valence-corrected chi connectivity index (χ4v) is 2.67. The molecule has 0 aliphatic carbocycles. The highest BCUT2D eigenvalue weighted by Crippen LogP contribution is 2.18. The van der Waals surface area contributed by atoms with Gasteiger partial charge in [-0.1, -0.05) is 29.8 Å². The average Bonchev–Trinajstić information content (AvgIpc) is 2.52. The van der Waals surface area contributed by atoms with Crippen LogP contribution in [-0.4, -0.2) is 53.5 Å². The summed E-state index contributed by atoms with van der Waals surface area (Å²) >= 11 is 11.4. The topological polar surface area (TPSA) is 35.6 Å². The largest absolute Gasteiger partial charge is 0.359 e. The van der Waals surface area contributed by atoms with Crippen molar-refractivity contribution < 1.29 is 4.79 Å². The summed E-state index contributed by atoms with van der Waals surface area (Å²) < 4.78 is 0. The highest BCUT2D eigenvalue weighted by atomic mass is 35.5. The Balaban J connectivity index is 1.92. The number of hydrogen-bond donors (Lipinski definition) is 1. The van der Waals surface area contributed by atoms with Crippen LogP contribution in [0.2, 0.25) is 5.02 Å². The fourth-order valence-electron chi connectivity index (χ4n) is 2.19. The van der Waals surface area contributed by atoms with E-state index in [4.69, 9.17) is 23.8 Å². The molecular weight excluding hydrogens is 306 g/mol. The van der Waals surface area contributed by atoms with Crippen LogP contribution in [0.25, 0.3) is 0 Å². The molecule has 0 spiro atoms. The standard InChI is InChI=1S/C15H18ClN3OS/c1-2-7-17-15(21)19-10-8-18(9-11-19)14(20)12-5-3-4-6-13(12)16/h2-6H,1,7-11H2,(H,17,21). The lowest BCUT2D eigenvalue weighted by Crippen LogP contribution is -2.53. The van der Waals surface area contributed by atoms with Crippen LogP contribution in [0.1, 0.15) is 10.4 Å². The maximum atomic E-state index is 12.4. The van der Waals surface area contributed by atoms with E-state index < -0.39 is 0 Å². The van der Waals surface area contributed by atoms with Gasteiger partial charge in [-0.15, -0.1) is 6.58 Å². The van der Waals surface area contributed by atoms with Gasteiger partial charge in [-0.3, -0.25) is 4.79 Å². The second-order valence-electron chi connectivity index (χ2n) is 4.73. The Morgan fingerprint density at radius 2 is 1.90 bits per heavy atom. The Morgan fingerprint density at radius 3 is 2.52 bits per heavy atom. The molecule has 1 heterocycles. The van der Waals surface area contributed by atoms with Gasteiger partial charge in [-0.25, -0.2) is 0 Å². The number of hydrogen-bond acceptors (Lipinski definition) is 2. The Kier molecular flexibility index (Phi) is 5.59. The minimum absolute atomic E-state index is 0.0229. The molecule has 2 rings (SSSR count). The third-order valence-electron chi connectivity index (χ3n) is 3.36. The predicted molar refractivity (Wildman–Crippen MR) is 89.7 cm³/mol. The van der Waals surface area contributed by atoms with Crippen molar-refractivity contribution in [2.45, 2.75) is 0 Å². The quantitative estimate of drug-likeness (QED) is 0.683. The average molecular weight is 324 g/mol. The number of amides is 1. The van der Waals surface area contributed by atoms with Crippen molar-refractivity contribution in [3.8, 4) is 0 Å². The molecule has 1 aliphatic rings. The molecule has 0 aromatic heterocycles. The van der Waals surface area contributed by atoms with Crippen LogP contribution in [0.4, 0.5) is 0 Å². The van der Waals surface area contributed by atoms with Crippen LogP contribution in [-0.2, 0) is 0 Å². The van der Waals surface area contributed by atoms with Crippen molar-refractivity contribution in [2.24, 2.45) is 0 Å². The molecule has 0 saturated carbocycles. The Bertz CT molecular complexity index is 541. The van der Waals surface area contributed by atoms with Gasteiger partial charge in [0.05, 0.1) is 10.6 Å². The SMILES string of the molecule is C=CCNC(=S)N1CCN(C(=O)c2ccccc2Cl)CC1. The Labute approximate surface area is 135 Å². The Hall–Kier alpha value is -1.59. The summed E-state index contributed by atoms with van der Waals surface area (Å²) in [5.41, 5.74) is 0.556. The van der Waals surface area contributed by atoms with Gasteiger partial charge in [-0.05, 0) is 24.4 Å². The van der Waals surface area contributed by atoms with Gasteiger partial charge in [0.1, 0.15) is 0 Å². The summed E-state index contributed by atoms with van der Waals surface area (Å²) in [5, 5.41) is 4.30. The first kappa shape index (κ1) is 15.8. The van der Waals surface area contributed by atoms with E-state index in [1.54, 1.807) is 18.2 Å². The molecule has 1 amide bonds. The molecule has 4 nitrogen and oxygen atoms in total. The third kappa shape index (κ3) is 3.95. The molecule has 1 aliphatic heterocycles. The van der Waals surface area contributed by atoms with Crippen LogP contribution < -0.4 is 5.32 Å². The monoisotopic (exact) mass is 323 g/mol. The maximum Gasteiger partial charge on any atom is 0.255 e. The van der Waals surface area contributed by atoms with Crippen molar-refractivity contribution in [1.29, 1.82) is 0 Å². The van der Waals surface area contributed by atoms with Crippen molar-refractivity contribution in [3.05, 3.63) is 47.5 Å². The molecular formula is C15H18ClN3OS. The molecule has 0 unspecified atom stereocenters. The molecule has 0 radical (unpaired) electrons. The lowest BCUT2D eigenvalue weighted by atomic mass is 10.2. The van der Waals surface area contributed by atoms with Gasteiger partial charge in [0.15, 0.2) is 5.11 Å². The molecule has 0 bridgehead atoms. The van der Waals surface area contributed by atoms with Crippen LogP contribution in [0.3, 0.4) is 0 Å². The van der Waals surface area contributed by atoms with Crippen molar-refractivity contribution >= 4 is 34.8 Å². The number of rotatable bonds is 3. The maximum absolute atomic E-state index is 12.4. The summed E-state index contributed by atoms with van der Waals surface area (Å²) in [7, 11) is 0. The number of carbonyl (C=O) groups excluding carboxylic acids is 1. The second-order valence-corrected chi connectivity index (χ2v) is 5.53. The smallest absolute Gasteiger partial charge is 0.255 e. The summed E-state index contributed by atoms with van der Waals surface area (Å²) in [6.07, 6.45) is 1.77. The zero-order valence-corrected chi connectivity index (χ0v) is 13.3. The number of halogens is 1. The van der Waals surface area contributed by atoms with Gasteiger partial charge < -0.3 is 15.1 Å². The zero-order chi connectivity index (χ0) is 15.2. The molecule has 6 heteroatoms. The van der Waals surface area contributed by atoms with Gasteiger partial charge >= 0.3 is 0 Å².